The molecule has 1 rings (SSSR count). The van der Waals surface area contributed by atoms with Gasteiger partial charge in [0.25, 0.3) is 0 Å². The molecule has 0 aliphatic carbocycles. The Balaban J connectivity index is 2.86. The van der Waals surface area contributed by atoms with E-state index in [4.69, 9.17) is 11.0 Å². The van der Waals surface area contributed by atoms with Crippen LogP contribution in [0, 0.1) is 11.3 Å². The molecule has 0 aliphatic rings. The molecule has 0 amide bonds. The van der Waals surface area contributed by atoms with Gasteiger partial charge in [-0.1, -0.05) is 13.0 Å². The molecule has 1 unspecified atom stereocenters. The molecule has 0 saturated heterocycles. The van der Waals surface area contributed by atoms with Crippen LogP contribution in [0.15, 0.2) is 18.3 Å². The number of nitriles is 1. The van der Waals surface area contributed by atoms with E-state index >= 15 is 0 Å². The van der Waals surface area contributed by atoms with Crippen molar-refractivity contribution in [3.63, 3.8) is 0 Å². The molecule has 0 aliphatic heterocycles. The smallest absolute Gasteiger partial charge is 0.135 e. The maximum Gasteiger partial charge on any atom is 0.135 e. The second-order valence-corrected chi connectivity index (χ2v) is 2.55. The minimum absolute atomic E-state index is 0.601. The number of rotatable bonds is 2. The maximum absolute atomic E-state index is 8.50. The lowest BCUT2D eigenvalue weighted by Crippen LogP contribution is -2.09. The van der Waals surface area contributed by atoms with Gasteiger partial charge in [-0.3, -0.25) is 4.98 Å². The van der Waals surface area contributed by atoms with Crippen molar-refractivity contribution in [3.05, 3.63) is 29.6 Å². The van der Waals surface area contributed by atoms with Crippen LogP contribution in [-0.2, 0) is 6.42 Å². The third-order valence-electron chi connectivity index (χ3n) is 1.71. The highest BCUT2D eigenvalue weighted by atomic mass is 14.8. The molecule has 0 radical (unpaired) electrons. The number of hydrogen-bond acceptors (Lipinski definition) is 3. The van der Waals surface area contributed by atoms with Crippen molar-refractivity contribution in [2.24, 2.45) is 5.73 Å². The Labute approximate surface area is 71.8 Å². The number of aryl methyl sites for hydroxylation is 1. The van der Waals surface area contributed by atoms with Crippen LogP contribution in [0.2, 0.25) is 0 Å². The zero-order valence-electron chi connectivity index (χ0n) is 6.99. The van der Waals surface area contributed by atoms with Gasteiger partial charge in [-0.15, -0.1) is 0 Å². The fraction of sp³-hybridized carbons (Fsp3) is 0.333. The van der Waals surface area contributed by atoms with Gasteiger partial charge >= 0.3 is 0 Å². The number of nitrogens with two attached hydrogens (primary N) is 1. The summed E-state index contributed by atoms with van der Waals surface area (Å²) < 4.78 is 0. The summed E-state index contributed by atoms with van der Waals surface area (Å²) in [5.74, 6) is 0. The topological polar surface area (TPSA) is 62.7 Å². The van der Waals surface area contributed by atoms with Gasteiger partial charge < -0.3 is 5.73 Å². The average Bonchev–Trinajstić information content (AvgIpc) is 2.17. The van der Waals surface area contributed by atoms with E-state index in [9.17, 15) is 0 Å². The minimum atomic E-state index is -0.601. The first-order valence-corrected chi connectivity index (χ1v) is 3.88. The summed E-state index contributed by atoms with van der Waals surface area (Å²) in [5.41, 5.74) is 7.25. The van der Waals surface area contributed by atoms with Crippen LogP contribution in [0.4, 0.5) is 0 Å². The van der Waals surface area contributed by atoms with Crippen molar-refractivity contribution < 1.29 is 0 Å². The molecule has 3 nitrogen and oxygen atoms in total. The Morgan fingerprint density at radius 3 is 2.83 bits per heavy atom. The van der Waals surface area contributed by atoms with Crippen molar-refractivity contribution in [2.75, 3.05) is 0 Å². The van der Waals surface area contributed by atoms with E-state index in [1.807, 2.05) is 12.1 Å². The Hall–Kier alpha value is -1.40. The molecular weight excluding hydrogens is 150 g/mol. The molecule has 0 spiro atoms. The highest BCUT2D eigenvalue weighted by Crippen LogP contribution is 2.06. The Bertz CT molecular complexity index is 284. The molecule has 12 heavy (non-hydrogen) atoms. The maximum atomic E-state index is 8.50. The fourth-order valence-corrected chi connectivity index (χ4v) is 0.895. The quantitative estimate of drug-likeness (QED) is 0.708. The van der Waals surface area contributed by atoms with Crippen molar-refractivity contribution >= 4 is 0 Å². The second-order valence-electron chi connectivity index (χ2n) is 2.55. The predicted octanol–water partition coefficient (Wildman–Crippen LogP) is 1.17. The van der Waals surface area contributed by atoms with Crippen molar-refractivity contribution in [1.82, 2.24) is 4.98 Å². The highest BCUT2D eigenvalue weighted by Gasteiger charge is 2.03. The Kier molecular flexibility index (Phi) is 2.78. The molecule has 0 aromatic carbocycles. The molecule has 1 aromatic heterocycles. The van der Waals surface area contributed by atoms with Gasteiger partial charge in [0.1, 0.15) is 6.04 Å². The van der Waals surface area contributed by atoms with Crippen LogP contribution < -0.4 is 5.73 Å². The van der Waals surface area contributed by atoms with Gasteiger partial charge in [-0.05, 0) is 18.1 Å². The second kappa shape index (κ2) is 3.84. The van der Waals surface area contributed by atoms with Crippen LogP contribution in [0.25, 0.3) is 0 Å². The van der Waals surface area contributed by atoms with Gasteiger partial charge in [-0.2, -0.15) is 5.26 Å². The number of aromatic nitrogens is 1. The lowest BCUT2D eigenvalue weighted by molar-refractivity contribution is 0.869. The molecule has 0 saturated carbocycles. The van der Waals surface area contributed by atoms with Crippen LogP contribution in [-0.4, -0.2) is 4.98 Å². The summed E-state index contributed by atoms with van der Waals surface area (Å²) in [5, 5.41) is 8.50. The van der Waals surface area contributed by atoms with Crippen LogP contribution >= 0.6 is 0 Å². The summed E-state index contributed by atoms with van der Waals surface area (Å²) in [6, 6.07) is 5.08. The zero-order chi connectivity index (χ0) is 8.97. The fourth-order valence-electron chi connectivity index (χ4n) is 0.895. The zero-order valence-corrected chi connectivity index (χ0v) is 6.99. The predicted molar refractivity (Wildman–Crippen MR) is 46.2 cm³/mol. The highest BCUT2D eigenvalue weighted by molar-refractivity contribution is 5.19. The van der Waals surface area contributed by atoms with Gasteiger partial charge in [0.05, 0.1) is 11.8 Å². The third-order valence-corrected chi connectivity index (χ3v) is 1.71. The minimum Gasteiger partial charge on any atom is -0.311 e. The largest absolute Gasteiger partial charge is 0.311 e. The molecule has 0 fully saturated rings. The van der Waals surface area contributed by atoms with E-state index < -0.39 is 6.04 Å². The standard InChI is InChI=1S/C9H11N3/c1-2-7-3-4-9(12-6-7)8(11)5-10/h3-4,6,8H,2,11H2,1H3. The molecule has 62 valence electrons. The molecule has 1 heterocycles. The van der Waals surface area contributed by atoms with Crippen molar-refractivity contribution in [1.29, 1.82) is 5.26 Å². The monoisotopic (exact) mass is 161 g/mol. The Morgan fingerprint density at radius 2 is 2.42 bits per heavy atom. The summed E-state index contributed by atoms with van der Waals surface area (Å²) >= 11 is 0. The number of nitrogens with zero attached hydrogens (tertiary/aromatic N) is 2. The molecule has 3 heteroatoms. The lowest BCUT2D eigenvalue weighted by Gasteiger charge is -2.01. The molecule has 1 aromatic rings. The van der Waals surface area contributed by atoms with Crippen molar-refractivity contribution in [3.8, 4) is 6.07 Å². The number of pyridine rings is 1. The van der Waals surface area contributed by atoms with Gasteiger partial charge in [0, 0.05) is 6.20 Å². The van der Waals surface area contributed by atoms with E-state index in [2.05, 4.69) is 11.9 Å². The normalized spacial score (nSPS) is 12.1. The van der Waals surface area contributed by atoms with Gasteiger partial charge in [0.15, 0.2) is 0 Å². The summed E-state index contributed by atoms with van der Waals surface area (Å²) in [6.45, 7) is 2.06. The van der Waals surface area contributed by atoms with Crippen LogP contribution in [0.1, 0.15) is 24.2 Å². The molecule has 0 bridgehead atoms. The first-order valence-electron chi connectivity index (χ1n) is 3.88. The Morgan fingerprint density at radius 1 is 1.67 bits per heavy atom. The lowest BCUT2D eigenvalue weighted by atomic mass is 10.1. The third kappa shape index (κ3) is 1.80. The van der Waals surface area contributed by atoms with Crippen molar-refractivity contribution in [2.45, 2.75) is 19.4 Å². The van der Waals surface area contributed by atoms with Gasteiger partial charge in [-0.25, -0.2) is 0 Å². The molecule has 1 atom stereocenters. The van der Waals surface area contributed by atoms with E-state index in [1.165, 1.54) is 0 Å². The van der Waals surface area contributed by atoms with E-state index in [0.717, 1.165) is 12.0 Å². The first kappa shape index (κ1) is 8.69. The first-order chi connectivity index (χ1) is 5.77. The van der Waals surface area contributed by atoms with E-state index in [1.54, 1.807) is 12.3 Å². The summed E-state index contributed by atoms with van der Waals surface area (Å²) in [6.07, 6.45) is 2.71. The summed E-state index contributed by atoms with van der Waals surface area (Å²) in [7, 11) is 0. The van der Waals surface area contributed by atoms with E-state index in [0.29, 0.717) is 5.69 Å². The summed E-state index contributed by atoms with van der Waals surface area (Å²) in [4.78, 5) is 4.07. The molecular formula is C9H11N3. The SMILES string of the molecule is CCc1ccc(C(N)C#N)nc1. The molecule has 2 N–H and O–H groups in total. The van der Waals surface area contributed by atoms with Crippen LogP contribution in [0.5, 0.6) is 0 Å². The number of hydrogen-bond donors (Lipinski definition) is 1. The van der Waals surface area contributed by atoms with Gasteiger partial charge in [0.2, 0.25) is 0 Å². The van der Waals surface area contributed by atoms with Crippen LogP contribution in [0.3, 0.4) is 0 Å². The average molecular weight is 161 g/mol. The van der Waals surface area contributed by atoms with E-state index in [-0.39, 0.29) is 0 Å².